The van der Waals surface area contributed by atoms with E-state index in [9.17, 15) is 24.3 Å². The van der Waals surface area contributed by atoms with Crippen LogP contribution in [0.4, 0.5) is 0 Å². The fourth-order valence-corrected chi connectivity index (χ4v) is 6.65. The SMILES string of the molecule is CCCCCC1(CCCCC)OC2C=C(C(=O)N3CCCC3C(=O)NCCO)CC(OC(=O)c3cccc(C=CC(=O)N(C)C)c3)C2O1. The van der Waals surface area contributed by atoms with Gasteiger partial charge in [-0.2, -0.15) is 0 Å². The van der Waals surface area contributed by atoms with Gasteiger partial charge < -0.3 is 34.4 Å². The third-order valence-corrected chi connectivity index (χ3v) is 9.24. The number of hydrogen-bond acceptors (Lipinski definition) is 8. The summed E-state index contributed by atoms with van der Waals surface area (Å²) < 4.78 is 19.6. The monoisotopic (exact) mass is 667 g/mol. The molecule has 3 aliphatic rings. The molecule has 4 rings (SSSR count). The van der Waals surface area contributed by atoms with E-state index >= 15 is 0 Å². The molecule has 0 saturated carbocycles. The van der Waals surface area contributed by atoms with Crippen LogP contribution in [-0.4, -0.2) is 103 Å². The molecule has 1 aromatic carbocycles. The molecule has 4 atom stereocenters. The summed E-state index contributed by atoms with van der Waals surface area (Å²) in [5.41, 5.74) is 1.41. The van der Waals surface area contributed by atoms with Crippen molar-refractivity contribution in [3.63, 3.8) is 0 Å². The molecule has 1 aromatic rings. The first kappa shape index (κ1) is 37.3. The van der Waals surface area contributed by atoms with Crippen LogP contribution in [0, 0.1) is 0 Å². The maximum absolute atomic E-state index is 14.0. The zero-order valence-electron chi connectivity index (χ0n) is 28.9. The number of ether oxygens (including phenoxy) is 3. The lowest BCUT2D eigenvalue weighted by Crippen LogP contribution is -2.49. The van der Waals surface area contributed by atoms with Crippen molar-refractivity contribution >= 4 is 29.8 Å². The molecule has 0 aromatic heterocycles. The van der Waals surface area contributed by atoms with Gasteiger partial charge in [-0.25, -0.2) is 4.79 Å². The Morgan fingerprint density at radius 1 is 1.08 bits per heavy atom. The van der Waals surface area contributed by atoms with Gasteiger partial charge in [0, 0.05) is 58.1 Å². The van der Waals surface area contributed by atoms with Gasteiger partial charge in [0.15, 0.2) is 5.79 Å². The smallest absolute Gasteiger partial charge is 0.338 e. The van der Waals surface area contributed by atoms with E-state index in [2.05, 4.69) is 19.2 Å². The minimum Gasteiger partial charge on any atom is -0.456 e. The summed E-state index contributed by atoms with van der Waals surface area (Å²) in [6.45, 7) is 4.66. The number of carbonyl (C=O) groups excluding carboxylic acids is 4. The highest BCUT2D eigenvalue weighted by Crippen LogP contribution is 2.43. The maximum Gasteiger partial charge on any atom is 0.338 e. The number of nitrogens with one attached hydrogen (secondary N) is 1. The highest BCUT2D eigenvalue weighted by atomic mass is 16.8. The van der Waals surface area contributed by atoms with Gasteiger partial charge in [-0.3, -0.25) is 14.4 Å². The van der Waals surface area contributed by atoms with Gasteiger partial charge >= 0.3 is 5.97 Å². The molecule has 48 heavy (non-hydrogen) atoms. The molecule has 2 aliphatic heterocycles. The summed E-state index contributed by atoms with van der Waals surface area (Å²) in [7, 11) is 3.33. The Hall–Kier alpha value is -3.54. The van der Waals surface area contributed by atoms with Gasteiger partial charge in [0.2, 0.25) is 17.7 Å². The molecule has 2 fully saturated rings. The Morgan fingerprint density at radius 2 is 1.81 bits per heavy atom. The van der Waals surface area contributed by atoms with Crippen LogP contribution in [0.25, 0.3) is 6.08 Å². The Balaban J connectivity index is 1.61. The van der Waals surface area contributed by atoms with Crippen LogP contribution >= 0.6 is 0 Å². The van der Waals surface area contributed by atoms with Crippen molar-refractivity contribution in [1.29, 1.82) is 0 Å². The van der Waals surface area contributed by atoms with Crippen LogP contribution in [0.5, 0.6) is 0 Å². The predicted octanol–water partition coefficient (Wildman–Crippen LogP) is 4.38. The van der Waals surface area contributed by atoms with Crippen LogP contribution in [0.2, 0.25) is 0 Å². The molecule has 2 N–H and O–H groups in total. The first-order chi connectivity index (χ1) is 23.1. The Kier molecular flexibility index (Phi) is 13.8. The summed E-state index contributed by atoms with van der Waals surface area (Å²) >= 11 is 0. The number of rotatable bonds is 16. The summed E-state index contributed by atoms with van der Waals surface area (Å²) in [5.74, 6) is -2.16. The van der Waals surface area contributed by atoms with Crippen molar-refractivity contribution in [1.82, 2.24) is 15.1 Å². The molecule has 1 aliphatic carbocycles. The number of unbranched alkanes of at least 4 members (excludes halogenated alkanes) is 4. The van der Waals surface area contributed by atoms with Gasteiger partial charge in [-0.15, -0.1) is 0 Å². The second-order valence-corrected chi connectivity index (χ2v) is 13.2. The Bertz CT molecular complexity index is 1330. The van der Waals surface area contributed by atoms with Crippen molar-refractivity contribution in [2.45, 2.75) is 115 Å². The molecule has 0 spiro atoms. The standard InChI is InChI=1S/C37H53N3O8/c1-5-7-9-18-37(19-10-8-6-2)47-31-25-28(35(44)40-21-12-15-29(40)34(43)38-20-22-41)24-30(33(31)48-37)46-36(45)27-14-11-13-26(23-27)16-17-32(42)39(3)4/h11,13-14,16-17,23,25,29-31,33,41H,5-10,12,15,18-22,24H2,1-4H3,(H,38,43). The molecule has 264 valence electrons. The second kappa shape index (κ2) is 17.7. The third-order valence-electron chi connectivity index (χ3n) is 9.24. The first-order valence-corrected chi connectivity index (χ1v) is 17.6. The number of esters is 1. The molecule has 2 saturated heterocycles. The fourth-order valence-electron chi connectivity index (χ4n) is 6.65. The quantitative estimate of drug-likeness (QED) is 0.151. The third kappa shape index (κ3) is 9.54. The molecular weight excluding hydrogens is 614 g/mol. The fraction of sp³-hybridized carbons (Fsp3) is 0.622. The molecule has 0 radical (unpaired) electrons. The number of benzene rings is 1. The summed E-state index contributed by atoms with van der Waals surface area (Å²) in [5, 5.41) is 11.9. The minimum absolute atomic E-state index is 0.119. The molecule has 4 unspecified atom stereocenters. The van der Waals surface area contributed by atoms with E-state index in [0.29, 0.717) is 48.9 Å². The van der Waals surface area contributed by atoms with E-state index in [1.54, 1.807) is 49.3 Å². The molecule has 2 heterocycles. The van der Waals surface area contributed by atoms with E-state index in [1.807, 2.05) is 6.08 Å². The molecule has 0 bridgehead atoms. The highest BCUT2D eigenvalue weighted by molar-refractivity contribution is 5.98. The van der Waals surface area contributed by atoms with Crippen molar-refractivity contribution in [3.05, 3.63) is 53.1 Å². The molecule has 11 heteroatoms. The average Bonchev–Trinajstić information content (AvgIpc) is 3.72. The Labute approximate surface area is 284 Å². The Morgan fingerprint density at radius 3 is 2.48 bits per heavy atom. The topological polar surface area (TPSA) is 135 Å². The lowest BCUT2D eigenvalue weighted by molar-refractivity contribution is -0.190. The minimum atomic E-state index is -0.844. The number of nitrogens with zero attached hydrogens (tertiary/aromatic N) is 2. The predicted molar refractivity (Wildman–Crippen MR) is 182 cm³/mol. The van der Waals surface area contributed by atoms with Crippen molar-refractivity contribution in [2.24, 2.45) is 0 Å². The van der Waals surface area contributed by atoms with Gasteiger partial charge in [0.05, 0.1) is 12.2 Å². The highest BCUT2D eigenvalue weighted by Gasteiger charge is 2.53. The number of amides is 3. The van der Waals surface area contributed by atoms with Crippen LogP contribution in [0.15, 0.2) is 42.0 Å². The largest absolute Gasteiger partial charge is 0.456 e. The normalized spacial score (nSPS) is 23.1. The number of carbonyl (C=O) groups is 4. The van der Waals surface area contributed by atoms with Crippen molar-refractivity contribution < 1.29 is 38.5 Å². The zero-order chi connectivity index (χ0) is 34.7. The second-order valence-electron chi connectivity index (χ2n) is 13.2. The maximum atomic E-state index is 14.0. The lowest BCUT2D eigenvalue weighted by atomic mass is 9.91. The molecule has 11 nitrogen and oxygen atoms in total. The van der Waals surface area contributed by atoms with E-state index in [4.69, 9.17) is 14.2 Å². The van der Waals surface area contributed by atoms with Gasteiger partial charge in [0.1, 0.15) is 24.4 Å². The zero-order valence-corrected chi connectivity index (χ0v) is 28.9. The van der Waals surface area contributed by atoms with Gasteiger partial charge in [-0.05, 0) is 55.5 Å². The summed E-state index contributed by atoms with van der Waals surface area (Å²) in [4.78, 5) is 55.6. The molecule has 3 amide bonds. The van der Waals surface area contributed by atoms with E-state index in [0.717, 1.165) is 38.5 Å². The van der Waals surface area contributed by atoms with Crippen LogP contribution in [0.3, 0.4) is 0 Å². The number of aliphatic hydroxyl groups is 1. The number of likely N-dealkylation sites (N-methyl/N-ethyl adjacent to an activating group) is 1. The summed E-state index contributed by atoms with van der Waals surface area (Å²) in [6, 6.07) is 6.20. The number of likely N-dealkylation sites (tertiary alicyclic amines) is 1. The van der Waals surface area contributed by atoms with Crippen LogP contribution < -0.4 is 5.32 Å². The van der Waals surface area contributed by atoms with Gasteiger partial charge in [0.25, 0.3) is 0 Å². The number of fused-ring (bicyclic) bond motifs is 1. The van der Waals surface area contributed by atoms with Crippen LogP contribution in [0.1, 0.15) is 100 Å². The number of aliphatic hydroxyl groups excluding tert-OH is 1. The van der Waals surface area contributed by atoms with Crippen molar-refractivity contribution in [3.8, 4) is 0 Å². The average molecular weight is 668 g/mol. The van der Waals surface area contributed by atoms with Gasteiger partial charge in [-0.1, -0.05) is 51.7 Å². The van der Waals surface area contributed by atoms with E-state index in [1.165, 1.54) is 11.0 Å². The first-order valence-electron chi connectivity index (χ1n) is 17.6. The lowest BCUT2D eigenvalue weighted by Gasteiger charge is -2.33. The van der Waals surface area contributed by atoms with E-state index < -0.39 is 36.1 Å². The summed E-state index contributed by atoms with van der Waals surface area (Å²) in [6.07, 6.45) is 11.7. The van der Waals surface area contributed by atoms with E-state index in [-0.39, 0.29) is 37.3 Å². The molecular formula is C37H53N3O8. The number of hydrogen-bond donors (Lipinski definition) is 2. The van der Waals surface area contributed by atoms with Crippen LogP contribution in [-0.2, 0) is 28.6 Å². The van der Waals surface area contributed by atoms with Crippen molar-refractivity contribution in [2.75, 3.05) is 33.8 Å².